The minimum Gasteiger partial charge on any atom is -0.351 e. The van der Waals surface area contributed by atoms with Crippen LogP contribution in [0.2, 0.25) is 0 Å². The summed E-state index contributed by atoms with van der Waals surface area (Å²) in [6.45, 7) is 3.22. The first-order valence-electron chi connectivity index (χ1n) is 10.5. The molecule has 2 aromatic carbocycles. The summed E-state index contributed by atoms with van der Waals surface area (Å²) in [6, 6.07) is 18.3. The van der Waals surface area contributed by atoms with E-state index in [9.17, 15) is 19.2 Å². The lowest BCUT2D eigenvalue weighted by atomic mass is 10.2. The maximum Gasteiger partial charge on any atom is 0.267 e. The average Bonchev–Trinajstić information content (AvgIpc) is 2.78. The number of rotatable bonds is 10. The van der Waals surface area contributed by atoms with Crippen LogP contribution < -0.4 is 21.3 Å². The molecule has 172 valence electrons. The minimum absolute atomic E-state index is 0.136. The minimum atomic E-state index is -0.428. The molecule has 0 atom stereocenters. The van der Waals surface area contributed by atoms with Gasteiger partial charge in [0.15, 0.2) is 0 Å². The quantitative estimate of drug-likeness (QED) is 0.328. The van der Waals surface area contributed by atoms with Crippen LogP contribution in [0.25, 0.3) is 12.2 Å². The SMILES string of the molecule is CC(=O)N/C(=C/c1ccccc1)C(=O)NCCCNC(=O)/C(=C\c1ccccc1)NC(C)=O. The molecule has 33 heavy (non-hydrogen) atoms. The first-order chi connectivity index (χ1) is 15.8. The number of carbonyl (C=O) groups is 4. The Morgan fingerprint density at radius 1 is 0.636 bits per heavy atom. The van der Waals surface area contributed by atoms with Crippen molar-refractivity contribution in [3.8, 4) is 0 Å². The van der Waals surface area contributed by atoms with Crippen molar-refractivity contribution in [3.05, 3.63) is 83.2 Å². The van der Waals surface area contributed by atoms with Crippen LogP contribution in [0.4, 0.5) is 0 Å². The first-order valence-corrected chi connectivity index (χ1v) is 10.5. The van der Waals surface area contributed by atoms with Crippen molar-refractivity contribution in [1.82, 2.24) is 21.3 Å². The van der Waals surface area contributed by atoms with Gasteiger partial charge < -0.3 is 21.3 Å². The van der Waals surface area contributed by atoms with Crippen molar-refractivity contribution >= 4 is 35.8 Å². The highest BCUT2D eigenvalue weighted by Crippen LogP contribution is 2.06. The fourth-order valence-corrected chi connectivity index (χ4v) is 2.81. The highest BCUT2D eigenvalue weighted by Gasteiger charge is 2.12. The number of carbonyl (C=O) groups excluding carboxylic acids is 4. The molecule has 2 rings (SSSR count). The van der Waals surface area contributed by atoms with E-state index in [1.54, 1.807) is 12.2 Å². The van der Waals surface area contributed by atoms with Crippen LogP contribution in [0, 0.1) is 0 Å². The second kappa shape index (κ2) is 13.3. The Bertz CT molecular complexity index is 947. The highest BCUT2D eigenvalue weighted by atomic mass is 16.2. The monoisotopic (exact) mass is 448 g/mol. The summed E-state index contributed by atoms with van der Waals surface area (Å²) in [6.07, 6.45) is 3.63. The Kier molecular flexibility index (Phi) is 10.1. The second-order valence-electron chi connectivity index (χ2n) is 7.17. The van der Waals surface area contributed by atoms with Crippen molar-refractivity contribution < 1.29 is 19.2 Å². The van der Waals surface area contributed by atoms with Gasteiger partial charge in [0.25, 0.3) is 11.8 Å². The van der Waals surface area contributed by atoms with Crippen LogP contribution in [0.1, 0.15) is 31.4 Å². The zero-order valence-electron chi connectivity index (χ0n) is 18.7. The number of amides is 4. The fourth-order valence-electron chi connectivity index (χ4n) is 2.81. The van der Waals surface area contributed by atoms with Crippen molar-refractivity contribution in [2.45, 2.75) is 20.3 Å². The largest absolute Gasteiger partial charge is 0.351 e. The summed E-state index contributed by atoms with van der Waals surface area (Å²) in [7, 11) is 0. The van der Waals surface area contributed by atoms with Gasteiger partial charge in [-0.15, -0.1) is 0 Å². The van der Waals surface area contributed by atoms with Gasteiger partial charge >= 0.3 is 0 Å². The molecule has 0 saturated carbocycles. The Balaban J connectivity index is 1.88. The van der Waals surface area contributed by atoms with Crippen LogP contribution in [-0.2, 0) is 19.2 Å². The Morgan fingerprint density at radius 3 is 1.33 bits per heavy atom. The number of hydrogen-bond acceptors (Lipinski definition) is 4. The van der Waals surface area contributed by atoms with Crippen molar-refractivity contribution in [2.75, 3.05) is 13.1 Å². The van der Waals surface area contributed by atoms with Crippen molar-refractivity contribution in [1.29, 1.82) is 0 Å². The molecule has 0 unspecified atom stereocenters. The van der Waals surface area contributed by atoms with E-state index < -0.39 is 11.8 Å². The van der Waals surface area contributed by atoms with Gasteiger partial charge in [-0.1, -0.05) is 60.7 Å². The van der Waals surface area contributed by atoms with E-state index in [4.69, 9.17) is 0 Å². The van der Waals surface area contributed by atoms with E-state index >= 15 is 0 Å². The smallest absolute Gasteiger partial charge is 0.267 e. The van der Waals surface area contributed by atoms with Gasteiger partial charge in [-0.3, -0.25) is 19.2 Å². The molecule has 0 radical (unpaired) electrons. The van der Waals surface area contributed by atoms with E-state index in [-0.39, 0.29) is 36.3 Å². The summed E-state index contributed by atoms with van der Waals surface area (Å²) in [5.41, 5.74) is 1.83. The summed E-state index contributed by atoms with van der Waals surface area (Å²) in [4.78, 5) is 47.9. The van der Waals surface area contributed by atoms with E-state index in [0.717, 1.165) is 11.1 Å². The van der Waals surface area contributed by atoms with Crippen LogP contribution in [0.3, 0.4) is 0 Å². The molecule has 4 N–H and O–H groups in total. The van der Waals surface area contributed by atoms with E-state index in [0.29, 0.717) is 6.42 Å². The molecule has 8 heteroatoms. The molecule has 0 saturated heterocycles. The van der Waals surface area contributed by atoms with Crippen molar-refractivity contribution in [2.24, 2.45) is 0 Å². The zero-order chi connectivity index (χ0) is 24.1. The van der Waals surface area contributed by atoms with Gasteiger partial charge in [0, 0.05) is 26.9 Å². The molecular formula is C25H28N4O4. The van der Waals surface area contributed by atoms with Gasteiger partial charge in [0.1, 0.15) is 11.4 Å². The molecule has 0 aliphatic rings. The third-order valence-corrected chi connectivity index (χ3v) is 4.26. The maximum atomic E-state index is 12.5. The molecule has 0 aliphatic heterocycles. The number of benzene rings is 2. The Morgan fingerprint density at radius 2 is 1.00 bits per heavy atom. The van der Waals surface area contributed by atoms with Crippen LogP contribution in [0.5, 0.6) is 0 Å². The molecule has 2 aromatic rings. The molecule has 4 amide bonds. The lowest BCUT2D eigenvalue weighted by molar-refractivity contribution is -0.122. The zero-order valence-corrected chi connectivity index (χ0v) is 18.7. The lowest BCUT2D eigenvalue weighted by Gasteiger charge is -2.11. The molecular weight excluding hydrogens is 420 g/mol. The van der Waals surface area contributed by atoms with Gasteiger partial charge in [-0.25, -0.2) is 0 Å². The standard InChI is InChI=1S/C25H28N4O4/c1-18(30)28-22(16-20-10-5-3-6-11-20)24(32)26-14-9-15-27-25(33)23(29-19(2)31)17-21-12-7-4-8-13-21/h3-8,10-13,16-17H,9,14-15H2,1-2H3,(H,26,32)(H,27,33)(H,28,30)(H,29,31)/b22-16+,23-17+. The molecule has 8 nitrogen and oxygen atoms in total. The summed E-state index contributed by atoms with van der Waals surface area (Å²) in [5, 5.41) is 10.5. The molecule has 0 heterocycles. The van der Waals surface area contributed by atoms with Crippen molar-refractivity contribution in [3.63, 3.8) is 0 Å². The highest BCUT2D eigenvalue weighted by molar-refractivity contribution is 6.01. The van der Waals surface area contributed by atoms with E-state index in [2.05, 4.69) is 21.3 Å². The normalized spacial score (nSPS) is 11.3. The first kappa shape index (κ1) is 25.1. The molecule has 0 aliphatic carbocycles. The average molecular weight is 449 g/mol. The van der Waals surface area contributed by atoms with E-state index in [1.807, 2.05) is 60.7 Å². The Hall–Kier alpha value is -4.20. The predicted octanol–water partition coefficient (Wildman–Crippen LogP) is 1.96. The topological polar surface area (TPSA) is 116 Å². The lowest BCUT2D eigenvalue weighted by Crippen LogP contribution is -2.37. The third kappa shape index (κ3) is 9.65. The van der Waals surface area contributed by atoms with Gasteiger partial charge in [-0.2, -0.15) is 0 Å². The van der Waals surface area contributed by atoms with Crippen LogP contribution in [-0.4, -0.2) is 36.7 Å². The second-order valence-corrected chi connectivity index (χ2v) is 7.17. The van der Waals surface area contributed by atoms with Gasteiger partial charge in [0.2, 0.25) is 11.8 Å². The van der Waals surface area contributed by atoms with Crippen LogP contribution in [0.15, 0.2) is 72.1 Å². The molecule has 0 aromatic heterocycles. The molecule has 0 spiro atoms. The van der Waals surface area contributed by atoms with Gasteiger partial charge in [0.05, 0.1) is 0 Å². The predicted molar refractivity (Wildman–Crippen MR) is 127 cm³/mol. The number of nitrogens with one attached hydrogen (secondary N) is 4. The Labute approximate surface area is 193 Å². The molecule has 0 fully saturated rings. The summed E-state index contributed by atoms with van der Waals surface area (Å²) in [5.74, 6) is -1.56. The van der Waals surface area contributed by atoms with Crippen LogP contribution >= 0.6 is 0 Å². The third-order valence-electron chi connectivity index (χ3n) is 4.26. The fraction of sp³-hybridized carbons (Fsp3) is 0.200. The maximum absolute atomic E-state index is 12.5. The summed E-state index contributed by atoms with van der Waals surface area (Å²) >= 11 is 0. The summed E-state index contributed by atoms with van der Waals surface area (Å²) < 4.78 is 0. The van der Waals surface area contributed by atoms with E-state index in [1.165, 1.54) is 13.8 Å². The molecule has 0 bridgehead atoms. The van der Waals surface area contributed by atoms with Gasteiger partial charge in [-0.05, 0) is 29.7 Å². The number of hydrogen-bond donors (Lipinski definition) is 4.